The van der Waals surface area contributed by atoms with E-state index in [1.807, 2.05) is 24.3 Å². The van der Waals surface area contributed by atoms with Gasteiger partial charge in [-0.1, -0.05) is 31.2 Å². The minimum absolute atomic E-state index is 0.521. The zero-order chi connectivity index (χ0) is 29.8. The van der Waals surface area contributed by atoms with Crippen molar-refractivity contribution < 1.29 is 59.9 Å². The highest BCUT2D eigenvalue weighted by Gasteiger charge is 2.51. The van der Waals surface area contributed by atoms with Gasteiger partial charge in [0.05, 0.1) is 13.2 Å². The van der Waals surface area contributed by atoms with Gasteiger partial charge < -0.3 is 55.1 Å². The lowest BCUT2D eigenvalue weighted by atomic mass is 9.95. The minimum Gasteiger partial charge on any atom is -0.480 e. The van der Waals surface area contributed by atoms with E-state index in [9.17, 15) is 45.6 Å². The number of thioether (sulfide) groups is 1. The van der Waals surface area contributed by atoms with Crippen molar-refractivity contribution in [2.45, 2.75) is 105 Å². The molecule has 2 fully saturated rings. The zero-order valence-corrected chi connectivity index (χ0v) is 23.4. The summed E-state index contributed by atoms with van der Waals surface area (Å²) in [6.45, 7) is 4.07. The molecule has 228 valence electrons. The first-order chi connectivity index (χ1) is 18.8. The maximum absolute atomic E-state index is 12.3. The van der Waals surface area contributed by atoms with E-state index in [-0.39, 0.29) is 0 Å². The molecule has 2 aliphatic heterocycles. The molecule has 0 aliphatic carbocycles. The SMILES string of the molecule is CCc1ccc(CSC(C)(C)C(NC2O[C@H](CO)[C@@H](O[C@@H]3O[C@H](CO)[C@H](O)[C@H](O)[C@H]3O)[C@H](O)[C@H]2O)C(=O)O)cc1. The Bertz CT molecular complexity index is 948. The second kappa shape index (κ2) is 14.2. The second-order valence-electron chi connectivity index (χ2n) is 10.6. The van der Waals surface area contributed by atoms with Gasteiger partial charge in [0.15, 0.2) is 6.29 Å². The molecule has 1 aromatic rings. The number of hydrogen-bond acceptors (Lipinski definition) is 13. The van der Waals surface area contributed by atoms with E-state index in [0.29, 0.717) is 5.75 Å². The fraction of sp³-hybridized carbons (Fsp3) is 0.731. The number of ether oxygens (including phenoxy) is 3. The van der Waals surface area contributed by atoms with E-state index >= 15 is 0 Å². The summed E-state index contributed by atoms with van der Waals surface area (Å²) in [5.74, 6) is -0.697. The standard InChI is InChI=1S/C26H41NO12S/c1-4-12-5-7-13(8-6-12)11-40-26(2,3)22(24(35)36)27-23-19(33)18(32)21(15(10-29)37-23)39-25-20(34)17(31)16(30)14(9-28)38-25/h5-8,14-23,25,27-34H,4,9-11H2,1-3H3,(H,35,36)/t14-,15-,16+,17+,18-,19-,20-,21-,22?,23?,25+/m1/s1. The quantitative estimate of drug-likeness (QED) is 0.128. The van der Waals surface area contributed by atoms with Crippen LogP contribution in [0.3, 0.4) is 0 Å². The average molecular weight is 592 g/mol. The lowest BCUT2D eigenvalue weighted by Gasteiger charge is -2.47. The van der Waals surface area contributed by atoms with Gasteiger partial charge in [0.2, 0.25) is 0 Å². The van der Waals surface area contributed by atoms with Gasteiger partial charge in [-0.15, -0.1) is 11.8 Å². The Morgan fingerprint density at radius 2 is 1.52 bits per heavy atom. The molecule has 0 aromatic heterocycles. The van der Waals surface area contributed by atoms with Crippen molar-refractivity contribution >= 4 is 17.7 Å². The number of carboxylic acid groups (broad SMARTS) is 1. The molecule has 3 rings (SSSR count). The third kappa shape index (κ3) is 7.51. The van der Waals surface area contributed by atoms with E-state index in [2.05, 4.69) is 12.2 Å². The number of aliphatic hydroxyl groups is 7. The summed E-state index contributed by atoms with van der Waals surface area (Å²) in [5, 5.41) is 84.0. The van der Waals surface area contributed by atoms with E-state index in [4.69, 9.17) is 14.2 Å². The first-order valence-electron chi connectivity index (χ1n) is 13.1. The van der Waals surface area contributed by atoms with Crippen LogP contribution in [0.1, 0.15) is 31.9 Å². The Balaban J connectivity index is 1.70. The molecular formula is C26H41NO12S. The van der Waals surface area contributed by atoms with E-state index < -0.39 is 91.3 Å². The maximum Gasteiger partial charge on any atom is 0.322 e. The van der Waals surface area contributed by atoms with Crippen LogP contribution in [0.2, 0.25) is 0 Å². The molecule has 1 aromatic carbocycles. The molecule has 13 nitrogen and oxygen atoms in total. The molecule has 2 aliphatic rings. The first-order valence-corrected chi connectivity index (χ1v) is 14.1. The van der Waals surface area contributed by atoms with Crippen LogP contribution >= 0.6 is 11.8 Å². The van der Waals surface area contributed by atoms with E-state index in [1.54, 1.807) is 13.8 Å². The summed E-state index contributed by atoms with van der Waals surface area (Å²) in [4.78, 5) is 12.3. The molecule has 2 saturated heterocycles. The van der Waals surface area contributed by atoms with Crippen molar-refractivity contribution in [3.05, 3.63) is 35.4 Å². The van der Waals surface area contributed by atoms with Gasteiger partial charge >= 0.3 is 5.97 Å². The Labute approximate surface area is 236 Å². The number of carboxylic acids is 1. The summed E-state index contributed by atoms with van der Waals surface area (Å²) < 4.78 is 15.6. The number of aryl methyl sites for hydroxylation is 1. The molecule has 9 N–H and O–H groups in total. The van der Waals surface area contributed by atoms with Gasteiger partial charge in [-0.3, -0.25) is 10.1 Å². The lowest BCUT2D eigenvalue weighted by molar-refractivity contribution is -0.343. The molecule has 11 atom stereocenters. The van der Waals surface area contributed by atoms with Crippen molar-refractivity contribution in [3.63, 3.8) is 0 Å². The van der Waals surface area contributed by atoms with Crippen LogP contribution in [-0.2, 0) is 31.2 Å². The Kier molecular flexibility index (Phi) is 11.7. The van der Waals surface area contributed by atoms with Crippen LogP contribution in [0.4, 0.5) is 0 Å². The van der Waals surface area contributed by atoms with Gasteiger partial charge in [-0.2, -0.15) is 0 Å². The lowest BCUT2D eigenvalue weighted by Crippen LogP contribution is -2.68. The molecular weight excluding hydrogens is 550 g/mol. The number of benzene rings is 1. The van der Waals surface area contributed by atoms with Crippen LogP contribution in [0.15, 0.2) is 24.3 Å². The van der Waals surface area contributed by atoms with E-state index in [1.165, 1.54) is 17.3 Å². The van der Waals surface area contributed by atoms with Gasteiger partial charge in [0.1, 0.15) is 61.1 Å². The fourth-order valence-corrected chi connectivity index (χ4v) is 5.75. The summed E-state index contributed by atoms with van der Waals surface area (Å²) in [6.07, 6.45) is -14.9. The van der Waals surface area contributed by atoms with Gasteiger partial charge in [0, 0.05) is 10.5 Å². The molecule has 2 heterocycles. The molecule has 0 amide bonds. The summed E-state index contributed by atoms with van der Waals surface area (Å²) in [7, 11) is 0. The zero-order valence-electron chi connectivity index (χ0n) is 22.6. The first kappa shape index (κ1) is 33.1. The third-order valence-corrected chi connectivity index (χ3v) is 8.78. The van der Waals surface area contributed by atoms with Gasteiger partial charge in [-0.05, 0) is 31.4 Å². The smallest absolute Gasteiger partial charge is 0.322 e. The topological polar surface area (TPSA) is 219 Å². The van der Waals surface area contributed by atoms with Crippen LogP contribution in [0.5, 0.6) is 0 Å². The normalized spacial score (nSPS) is 35.9. The van der Waals surface area contributed by atoms with Gasteiger partial charge in [-0.25, -0.2) is 0 Å². The Morgan fingerprint density at radius 1 is 0.925 bits per heavy atom. The number of rotatable bonds is 12. The number of aliphatic carboxylic acids is 1. The summed E-state index contributed by atoms with van der Waals surface area (Å²) >= 11 is 1.38. The highest BCUT2D eigenvalue weighted by molar-refractivity contribution is 7.99. The highest BCUT2D eigenvalue weighted by Crippen LogP contribution is 2.34. The predicted molar refractivity (Wildman–Crippen MR) is 142 cm³/mol. The van der Waals surface area contributed by atoms with Crippen molar-refractivity contribution in [1.29, 1.82) is 0 Å². The Morgan fingerprint density at radius 3 is 2.08 bits per heavy atom. The summed E-state index contributed by atoms with van der Waals surface area (Å²) in [5.41, 5.74) is 2.20. The Hall–Kier alpha value is -1.40. The summed E-state index contributed by atoms with van der Waals surface area (Å²) in [6, 6.07) is 6.75. The van der Waals surface area contributed by atoms with Crippen molar-refractivity contribution in [1.82, 2.24) is 5.32 Å². The highest BCUT2D eigenvalue weighted by atomic mass is 32.2. The van der Waals surface area contributed by atoms with Crippen LogP contribution < -0.4 is 5.32 Å². The number of carbonyl (C=O) groups is 1. The number of hydrogen-bond donors (Lipinski definition) is 9. The molecule has 14 heteroatoms. The third-order valence-electron chi connectivity index (χ3n) is 7.32. The predicted octanol–water partition coefficient (Wildman–Crippen LogP) is -2.07. The fourth-order valence-electron chi connectivity index (χ4n) is 4.68. The van der Waals surface area contributed by atoms with Gasteiger partial charge in [0.25, 0.3) is 0 Å². The molecule has 0 saturated carbocycles. The molecule has 0 bridgehead atoms. The average Bonchev–Trinajstić information content (AvgIpc) is 2.93. The van der Waals surface area contributed by atoms with Crippen LogP contribution in [0, 0.1) is 0 Å². The molecule has 2 unspecified atom stereocenters. The second-order valence-corrected chi connectivity index (χ2v) is 12.2. The van der Waals surface area contributed by atoms with Crippen molar-refractivity contribution in [2.75, 3.05) is 13.2 Å². The largest absolute Gasteiger partial charge is 0.480 e. The molecule has 0 spiro atoms. The van der Waals surface area contributed by atoms with E-state index in [0.717, 1.165) is 12.0 Å². The van der Waals surface area contributed by atoms with Crippen molar-refractivity contribution in [3.8, 4) is 0 Å². The molecule has 40 heavy (non-hydrogen) atoms. The van der Waals surface area contributed by atoms with Crippen molar-refractivity contribution in [2.24, 2.45) is 0 Å². The monoisotopic (exact) mass is 591 g/mol. The minimum atomic E-state index is -1.79. The van der Waals surface area contributed by atoms with Crippen LogP contribution in [-0.4, -0.2) is 132 Å². The number of aliphatic hydroxyl groups excluding tert-OH is 7. The maximum atomic E-state index is 12.3. The van der Waals surface area contributed by atoms with Crippen LogP contribution in [0.25, 0.3) is 0 Å². The number of nitrogens with one attached hydrogen (secondary N) is 1. The molecule has 0 radical (unpaired) electrons.